The summed E-state index contributed by atoms with van der Waals surface area (Å²) in [4.78, 5) is 28.3. The third kappa shape index (κ3) is 4.61. The van der Waals surface area contributed by atoms with Gasteiger partial charge in [0.05, 0.1) is 30.2 Å². The SMILES string of the molecule is O=C(C=CCN1C2CCCC1COC2)N1CCc2c(sc3ncnc(Nc4ccc(F)c(Cl)c4)c23)C1. The third-order valence-electron chi connectivity index (χ3n) is 7.34. The van der Waals surface area contributed by atoms with Crippen molar-refractivity contribution in [2.45, 2.75) is 44.3 Å². The van der Waals surface area contributed by atoms with Crippen molar-refractivity contribution in [3.05, 3.63) is 58.0 Å². The lowest BCUT2D eigenvalue weighted by atomic mass is 9.94. The topological polar surface area (TPSA) is 70.6 Å². The van der Waals surface area contributed by atoms with Crippen LogP contribution >= 0.6 is 22.9 Å². The molecule has 6 rings (SSSR count). The lowest BCUT2D eigenvalue weighted by molar-refractivity contribution is -0.126. The van der Waals surface area contributed by atoms with Gasteiger partial charge in [-0.3, -0.25) is 9.69 Å². The van der Waals surface area contributed by atoms with E-state index in [1.165, 1.54) is 37.2 Å². The highest BCUT2D eigenvalue weighted by atomic mass is 35.5. The summed E-state index contributed by atoms with van der Waals surface area (Å²) < 4.78 is 19.3. The minimum Gasteiger partial charge on any atom is -0.378 e. The van der Waals surface area contributed by atoms with Gasteiger partial charge in [-0.25, -0.2) is 14.4 Å². The summed E-state index contributed by atoms with van der Waals surface area (Å²) in [5, 5.41) is 4.27. The first-order chi connectivity index (χ1) is 17.6. The molecule has 3 aliphatic rings. The first-order valence-electron chi connectivity index (χ1n) is 12.3. The zero-order chi connectivity index (χ0) is 24.6. The summed E-state index contributed by atoms with van der Waals surface area (Å²) >= 11 is 7.54. The highest BCUT2D eigenvalue weighted by Gasteiger charge is 2.33. The van der Waals surface area contributed by atoms with Crippen LogP contribution in [0.1, 0.15) is 29.7 Å². The van der Waals surface area contributed by atoms with Gasteiger partial charge in [0.25, 0.3) is 0 Å². The highest BCUT2D eigenvalue weighted by Crippen LogP contribution is 2.38. The van der Waals surface area contributed by atoms with E-state index in [-0.39, 0.29) is 10.9 Å². The van der Waals surface area contributed by atoms with Gasteiger partial charge >= 0.3 is 0 Å². The second-order valence-corrected chi connectivity index (χ2v) is 11.0. The van der Waals surface area contributed by atoms with Gasteiger partial charge < -0.3 is 15.0 Å². The molecule has 0 saturated carbocycles. The Kier molecular flexibility index (Phi) is 6.64. The maximum Gasteiger partial charge on any atom is 0.246 e. The predicted octanol–water partition coefficient (Wildman–Crippen LogP) is 4.92. The molecule has 2 saturated heterocycles. The molecular formula is C26H27ClFN5O2S. The van der Waals surface area contributed by atoms with E-state index in [0.29, 0.717) is 36.7 Å². The molecule has 1 aromatic carbocycles. The van der Waals surface area contributed by atoms with Crippen LogP contribution < -0.4 is 5.32 Å². The molecule has 7 nitrogen and oxygen atoms in total. The summed E-state index contributed by atoms with van der Waals surface area (Å²) in [6.07, 6.45) is 9.61. The Morgan fingerprint density at radius 3 is 2.92 bits per heavy atom. The number of carbonyl (C=O) groups excluding carboxylic acids is 1. The normalized spacial score (nSPS) is 22.2. The smallest absolute Gasteiger partial charge is 0.246 e. The summed E-state index contributed by atoms with van der Waals surface area (Å²) in [5.41, 5.74) is 1.82. The number of benzene rings is 1. The van der Waals surface area contributed by atoms with E-state index in [9.17, 15) is 9.18 Å². The molecule has 0 aliphatic carbocycles. The van der Waals surface area contributed by atoms with Crippen LogP contribution in [0.15, 0.2) is 36.7 Å². The molecule has 5 heterocycles. The van der Waals surface area contributed by atoms with Crippen LogP contribution in [-0.2, 0) is 22.5 Å². The van der Waals surface area contributed by atoms with Crippen molar-refractivity contribution in [1.29, 1.82) is 0 Å². The second-order valence-electron chi connectivity index (χ2n) is 9.55. The van der Waals surface area contributed by atoms with Crippen molar-refractivity contribution in [1.82, 2.24) is 19.8 Å². The average Bonchev–Trinajstić information content (AvgIpc) is 3.25. The Labute approximate surface area is 217 Å². The molecule has 2 bridgehead atoms. The fourth-order valence-electron chi connectivity index (χ4n) is 5.52. The van der Waals surface area contributed by atoms with E-state index in [2.05, 4.69) is 20.2 Å². The van der Waals surface area contributed by atoms with Gasteiger partial charge in [0.2, 0.25) is 5.91 Å². The average molecular weight is 528 g/mol. The van der Waals surface area contributed by atoms with Gasteiger partial charge in [0, 0.05) is 41.8 Å². The van der Waals surface area contributed by atoms with Crippen LogP contribution in [0.25, 0.3) is 10.2 Å². The number of ether oxygens (including phenoxy) is 1. The number of nitrogens with zero attached hydrogens (tertiary/aromatic N) is 4. The molecule has 10 heteroatoms. The van der Waals surface area contributed by atoms with Gasteiger partial charge in [-0.15, -0.1) is 11.3 Å². The van der Waals surface area contributed by atoms with Crippen molar-refractivity contribution >= 4 is 50.6 Å². The Bertz CT molecular complexity index is 1310. The van der Waals surface area contributed by atoms with Crippen molar-refractivity contribution < 1.29 is 13.9 Å². The number of nitrogens with one attached hydrogen (secondary N) is 1. The molecule has 3 aromatic rings. The molecular weight excluding hydrogens is 501 g/mol. The third-order valence-corrected chi connectivity index (χ3v) is 8.76. The summed E-state index contributed by atoms with van der Waals surface area (Å²) in [5.74, 6) is 0.243. The van der Waals surface area contributed by atoms with Crippen LogP contribution in [0.4, 0.5) is 15.9 Å². The van der Waals surface area contributed by atoms with Gasteiger partial charge in [-0.05, 0) is 43.0 Å². The standard InChI is InChI=1S/C26H27ClFN5O2S/c27-20-11-16(6-7-21(20)28)31-25-24-19-8-10-32(12-22(19)36-26(24)30-15-29-25)23(34)5-2-9-33-17-3-1-4-18(33)14-35-13-17/h2,5-7,11,15,17-18H,1,3-4,8-10,12-14H2,(H,29,30,31). The molecule has 2 aromatic heterocycles. The number of anilines is 2. The van der Waals surface area contributed by atoms with Crippen molar-refractivity contribution in [3.8, 4) is 0 Å². The zero-order valence-electron chi connectivity index (χ0n) is 19.8. The number of thiophene rings is 1. The Morgan fingerprint density at radius 1 is 1.28 bits per heavy atom. The second kappa shape index (κ2) is 10.0. The maximum atomic E-state index is 13.6. The van der Waals surface area contributed by atoms with Crippen LogP contribution in [0.2, 0.25) is 5.02 Å². The molecule has 3 aliphatic heterocycles. The largest absolute Gasteiger partial charge is 0.378 e. The highest BCUT2D eigenvalue weighted by molar-refractivity contribution is 7.19. The van der Waals surface area contributed by atoms with Crippen molar-refractivity contribution in [2.24, 2.45) is 0 Å². The maximum absolute atomic E-state index is 13.6. The predicted molar refractivity (Wildman–Crippen MR) is 139 cm³/mol. The van der Waals surface area contributed by atoms with E-state index in [4.69, 9.17) is 16.3 Å². The van der Waals surface area contributed by atoms with Gasteiger partial charge in [0.1, 0.15) is 22.8 Å². The van der Waals surface area contributed by atoms with Crippen molar-refractivity contribution in [2.75, 3.05) is 31.6 Å². The Balaban J connectivity index is 1.16. The quantitative estimate of drug-likeness (QED) is 0.475. The zero-order valence-corrected chi connectivity index (χ0v) is 21.3. The van der Waals surface area contributed by atoms with Gasteiger partial charge in [0.15, 0.2) is 0 Å². The van der Waals surface area contributed by atoms with E-state index in [1.807, 2.05) is 11.0 Å². The van der Waals surface area contributed by atoms with Crippen LogP contribution in [0.5, 0.6) is 0 Å². The number of morpholine rings is 1. The number of rotatable bonds is 5. The fraction of sp³-hybridized carbons (Fsp3) is 0.423. The van der Waals surface area contributed by atoms with E-state index in [0.717, 1.165) is 41.3 Å². The number of halogens is 2. The first kappa shape index (κ1) is 23.8. The van der Waals surface area contributed by atoms with Gasteiger partial charge in [-0.2, -0.15) is 0 Å². The molecule has 2 atom stereocenters. The summed E-state index contributed by atoms with van der Waals surface area (Å²) in [6.45, 7) is 3.59. The molecule has 188 valence electrons. The van der Waals surface area contributed by atoms with E-state index in [1.54, 1.807) is 29.5 Å². The summed E-state index contributed by atoms with van der Waals surface area (Å²) in [6, 6.07) is 5.45. The number of aromatic nitrogens is 2. The van der Waals surface area contributed by atoms with Gasteiger partial charge in [-0.1, -0.05) is 24.1 Å². The lowest BCUT2D eigenvalue weighted by Crippen LogP contribution is -2.54. The number of piperidine rings is 1. The monoisotopic (exact) mass is 527 g/mol. The molecule has 2 fully saturated rings. The van der Waals surface area contributed by atoms with Crippen molar-refractivity contribution in [3.63, 3.8) is 0 Å². The van der Waals surface area contributed by atoms with Crippen LogP contribution in [0, 0.1) is 5.82 Å². The summed E-state index contributed by atoms with van der Waals surface area (Å²) in [7, 11) is 0. The fourth-order valence-corrected chi connectivity index (χ4v) is 6.90. The van der Waals surface area contributed by atoms with E-state index >= 15 is 0 Å². The molecule has 36 heavy (non-hydrogen) atoms. The molecule has 2 unspecified atom stereocenters. The van der Waals surface area contributed by atoms with Crippen LogP contribution in [-0.4, -0.2) is 64.1 Å². The number of amides is 1. The Morgan fingerprint density at radius 2 is 2.11 bits per heavy atom. The molecule has 0 radical (unpaired) electrons. The minimum atomic E-state index is -0.463. The Hall–Kier alpha value is -2.59. The lowest BCUT2D eigenvalue weighted by Gasteiger charge is -2.45. The molecule has 0 spiro atoms. The minimum absolute atomic E-state index is 0.0434. The first-order valence-corrected chi connectivity index (χ1v) is 13.5. The molecule has 1 amide bonds. The molecule has 1 N–H and O–H groups in total. The number of fused-ring (bicyclic) bond motifs is 5. The number of carbonyl (C=O) groups is 1. The van der Waals surface area contributed by atoms with Crippen LogP contribution in [0.3, 0.4) is 0 Å². The number of hydrogen-bond acceptors (Lipinski definition) is 7. The van der Waals surface area contributed by atoms with E-state index < -0.39 is 5.82 Å². The number of hydrogen-bond donors (Lipinski definition) is 1.